The zero-order valence-corrected chi connectivity index (χ0v) is 15.2. The molecule has 3 aromatic rings. The lowest BCUT2D eigenvalue weighted by molar-refractivity contribution is 0.259. The molecule has 3 N–H and O–H groups in total. The Morgan fingerprint density at radius 3 is 2.11 bits per heavy atom. The number of hydrogen-bond donors (Lipinski definition) is 2. The van der Waals surface area contributed by atoms with Gasteiger partial charge in [-0.25, -0.2) is 4.79 Å². The van der Waals surface area contributed by atoms with E-state index in [4.69, 9.17) is 15.2 Å². The standard InChI is InChI=1S/C21H21N3O3/c1-26-19-13-10-16(14-20(19)27-2)23-21(25)24(17-6-4-3-5-7-17)18-11-8-15(22)9-12-18/h3-14H,22H2,1-2H3,(H,23,25). The summed E-state index contributed by atoms with van der Waals surface area (Å²) in [5.74, 6) is 1.13. The molecule has 0 fully saturated rings. The maximum Gasteiger partial charge on any atom is 0.330 e. The Kier molecular flexibility index (Phi) is 5.47. The van der Waals surface area contributed by atoms with Gasteiger partial charge in [-0.2, -0.15) is 0 Å². The lowest BCUT2D eigenvalue weighted by Gasteiger charge is -2.24. The minimum atomic E-state index is -0.307. The van der Waals surface area contributed by atoms with Crippen molar-refractivity contribution >= 4 is 28.8 Å². The molecule has 0 aliphatic heterocycles. The summed E-state index contributed by atoms with van der Waals surface area (Å²) >= 11 is 0. The fraction of sp³-hybridized carbons (Fsp3) is 0.0952. The van der Waals surface area contributed by atoms with Crippen molar-refractivity contribution in [3.63, 3.8) is 0 Å². The van der Waals surface area contributed by atoms with E-state index in [1.54, 1.807) is 61.6 Å². The number of carbonyl (C=O) groups excluding carboxylic acids is 1. The first kappa shape index (κ1) is 18.1. The van der Waals surface area contributed by atoms with Crippen LogP contribution in [0.4, 0.5) is 27.5 Å². The van der Waals surface area contributed by atoms with Crippen LogP contribution < -0.4 is 25.4 Å². The quantitative estimate of drug-likeness (QED) is 0.647. The highest BCUT2D eigenvalue weighted by molar-refractivity contribution is 6.07. The van der Waals surface area contributed by atoms with Crippen molar-refractivity contribution in [1.29, 1.82) is 0 Å². The highest BCUT2D eigenvalue weighted by Crippen LogP contribution is 2.31. The maximum absolute atomic E-state index is 13.1. The van der Waals surface area contributed by atoms with E-state index in [2.05, 4.69) is 5.32 Å². The van der Waals surface area contributed by atoms with Gasteiger partial charge in [-0.05, 0) is 48.5 Å². The van der Waals surface area contributed by atoms with E-state index in [0.29, 0.717) is 28.6 Å². The summed E-state index contributed by atoms with van der Waals surface area (Å²) in [5.41, 5.74) is 8.44. The van der Waals surface area contributed by atoms with E-state index in [-0.39, 0.29) is 6.03 Å². The Bertz CT molecular complexity index is 912. The van der Waals surface area contributed by atoms with Gasteiger partial charge in [0.25, 0.3) is 0 Å². The van der Waals surface area contributed by atoms with Crippen molar-refractivity contribution in [3.05, 3.63) is 72.8 Å². The van der Waals surface area contributed by atoms with Gasteiger partial charge >= 0.3 is 6.03 Å². The van der Waals surface area contributed by atoms with Gasteiger partial charge in [0.2, 0.25) is 0 Å². The average molecular weight is 363 g/mol. The van der Waals surface area contributed by atoms with Crippen molar-refractivity contribution in [2.75, 3.05) is 30.2 Å². The third kappa shape index (κ3) is 4.12. The Morgan fingerprint density at radius 1 is 0.852 bits per heavy atom. The number of nitrogens with one attached hydrogen (secondary N) is 1. The van der Waals surface area contributed by atoms with Crippen molar-refractivity contribution in [2.45, 2.75) is 0 Å². The largest absolute Gasteiger partial charge is 0.493 e. The highest BCUT2D eigenvalue weighted by Gasteiger charge is 2.18. The number of para-hydroxylation sites is 1. The zero-order chi connectivity index (χ0) is 19.2. The van der Waals surface area contributed by atoms with Crippen LogP contribution in [-0.2, 0) is 0 Å². The van der Waals surface area contributed by atoms with E-state index in [1.165, 1.54) is 0 Å². The number of ether oxygens (including phenoxy) is 2. The number of carbonyl (C=O) groups is 1. The number of urea groups is 1. The molecule has 0 atom stereocenters. The molecule has 0 heterocycles. The number of nitrogens with two attached hydrogens (primary N) is 1. The van der Waals surface area contributed by atoms with Gasteiger partial charge in [-0.15, -0.1) is 0 Å². The summed E-state index contributed by atoms with van der Waals surface area (Å²) in [6.45, 7) is 0. The first-order valence-electron chi connectivity index (χ1n) is 8.36. The summed E-state index contributed by atoms with van der Waals surface area (Å²) in [6.07, 6.45) is 0. The predicted octanol–water partition coefficient (Wildman–Crippen LogP) is 4.66. The summed E-state index contributed by atoms with van der Waals surface area (Å²) < 4.78 is 10.5. The number of nitrogen functional groups attached to an aromatic ring is 1. The van der Waals surface area contributed by atoms with Gasteiger partial charge < -0.3 is 20.5 Å². The van der Waals surface area contributed by atoms with Gasteiger partial charge in [-0.1, -0.05) is 18.2 Å². The molecular formula is C21H21N3O3. The van der Waals surface area contributed by atoms with Gasteiger partial charge in [0.15, 0.2) is 11.5 Å². The zero-order valence-electron chi connectivity index (χ0n) is 15.2. The van der Waals surface area contributed by atoms with E-state index >= 15 is 0 Å². The molecular weight excluding hydrogens is 342 g/mol. The van der Waals surface area contributed by atoms with Crippen LogP contribution in [0.3, 0.4) is 0 Å². The van der Waals surface area contributed by atoms with Crippen molar-refractivity contribution in [2.24, 2.45) is 0 Å². The SMILES string of the molecule is COc1ccc(NC(=O)N(c2ccccc2)c2ccc(N)cc2)cc1OC. The van der Waals surface area contributed by atoms with Gasteiger partial charge in [0, 0.05) is 17.4 Å². The number of methoxy groups -OCH3 is 2. The van der Waals surface area contributed by atoms with Crippen LogP contribution in [0.2, 0.25) is 0 Å². The second kappa shape index (κ2) is 8.14. The molecule has 6 heteroatoms. The molecule has 0 spiro atoms. The molecule has 3 aromatic carbocycles. The van der Waals surface area contributed by atoms with Crippen molar-refractivity contribution < 1.29 is 14.3 Å². The molecule has 0 bridgehead atoms. The smallest absolute Gasteiger partial charge is 0.330 e. The highest BCUT2D eigenvalue weighted by atomic mass is 16.5. The van der Waals surface area contributed by atoms with Crippen molar-refractivity contribution in [3.8, 4) is 11.5 Å². The van der Waals surface area contributed by atoms with Crippen LogP contribution in [0.15, 0.2) is 72.8 Å². The van der Waals surface area contributed by atoms with Gasteiger partial charge in [0.1, 0.15) is 0 Å². The molecule has 0 saturated heterocycles. The first-order valence-corrected chi connectivity index (χ1v) is 8.36. The Balaban J connectivity index is 1.93. The molecule has 0 unspecified atom stereocenters. The van der Waals surface area contributed by atoms with Gasteiger partial charge in [0.05, 0.1) is 25.6 Å². The molecule has 3 rings (SSSR count). The van der Waals surface area contributed by atoms with Crippen LogP contribution in [0.5, 0.6) is 11.5 Å². The van der Waals surface area contributed by atoms with Crippen LogP contribution in [0.25, 0.3) is 0 Å². The second-order valence-corrected chi connectivity index (χ2v) is 5.76. The van der Waals surface area contributed by atoms with E-state index in [1.807, 2.05) is 30.3 Å². The Hall–Kier alpha value is -3.67. The fourth-order valence-electron chi connectivity index (χ4n) is 2.68. The fourth-order valence-corrected chi connectivity index (χ4v) is 2.68. The summed E-state index contributed by atoms with van der Waals surface area (Å²) in [6, 6.07) is 21.4. The summed E-state index contributed by atoms with van der Waals surface area (Å²) in [4.78, 5) is 14.6. The summed E-state index contributed by atoms with van der Waals surface area (Å²) in [7, 11) is 3.11. The third-order valence-electron chi connectivity index (χ3n) is 4.00. The molecule has 0 aromatic heterocycles. The maximum atomic E-state index is 13.1. The van der Waals surface area contributed by atoms with Crippen LogP contribution >= 0.6 is 0 Å². The Labute approximate surface area is 158 Å². The second-order valence-electron chi connectivity index (χ2n) is 5.76. The molecule has 27 heavy (non-hydrogen) atoms. The molecule has 2 amide bonds. The normalized spacial score (nSPS) is 10.1. The monoisotopic (exact) mass is 363 g/mol. The van der Waals surface area contributed by atoms with Gasteiger partial charge in [-0.3, -0.25) is 4.90 Å². The van der Waals surface area contributed by atoms with Crippen molar-refractivity contribution in [1.82, 2.24) is 0 Å². The minimum Gasteiger partial charge on any atom is -0.493 e. The molecule has 138 valence electrons. The summed E-state index contributed by atoms with van der Waals surface area (Å²) in [5, 5.41) is 2.90. The lowest BCUT2D eigenvalue weighted by atomic mass is 10.2. The number of amides is 2. The molecule has 6 nitrogen and oxygen atoms in total. The van der Waals surface area contributed by atoms with Crippen LogP contribution in [0, 0.1) is 0 Å². The first-order chi connectivity index (χ1) is 13.1. The van der Waals surface area contributed by atoms with Crippen LogP contribution in [-0.4, -0.2) is 20.3 Å². The third-order valence-corrected chi connectivity index (χ3v) is 4.00. The average Bonchev–Trinajstić information content (AvgIpc) is 2.70. The molecule has 0 aliphatic carbocycles. The van der Waals surface area contributed by atoms with E-state index in [0.717, 1.165) is 5.69 Å². The predicted molar refractivity (Wildman–Crippen MR) is 108 cm³/mol. The molecule has 0 saturated carbocycles. The number of anilines is 4. The molecule has 0 radical (unpaired) electrons. The number of benzene rings is 3. The van der Waals surface area contributed by atoms with Crippen LogP contribution in [0.1, 0.15) is 0 Å². The van der Waals surface area contributed by atoms with E-state index < -0.39 is 0 Å². The molecule has 0 aliphatic rings. The topological polar surface area (TPSA) is 76.8 Å². The van der Waals surface area contributed by atoms with E-state index in [9.17, 15) is 4.79 Å². The number of nitrogens with zero attached hydrogens (tertiary/aromatic N) is 1. The minimum absolute atomic E-state index is 0.307. The lowest BCUT2D eigenvalue weighted by Crippen LogP contribution is -2.30. The number of rotatable bonds is 5. The Morgan fingerprint density at radius 2 is 1.48 bits per heavy atom. The number of hydrogen-bond acceptors (Lipinski definition) is 4.